The van der Waals surface area contributed by atoms with Gasteiger partial charge in [-0.15, -0.1) is 0 Å². The third-order valence-electron chi connectivity index (χ3n) is 4.35. The van der Waals surface area contributed by atoms with Crippen LogP contribution in [0, 0.1) is 0 Å². The molecular formula is C22H23NO4. The minimum atomic E-state index is -0.197. The molecule has 1 N–H and O–H groups in total. The summed E-state index contributed by atoms with van der Waals surface area (Å²) in [6.45, 7) is 1.87. The minimum Gasteiger partial charge on any atom is -0.496 e. The molecule has 0 heterocycles. The van der Waals surface area contributed by atoms with Gasteiger partial charge in [0.1, 0.15) is 17.2 Å². The molecule has 0 saturated heterocycles. The molecular weight excluding hydrogens is 342 g/mol. The highest BCUT2D eigenvalue weighted by molar-refractivity contribution is 5.83. The van der Waals surface area contributed by atoms with E-state index in [2.05, 4.69) is 29.6 Å². The summed E-state index contributed by atoms with van der Waals surface area (Å²) in [4.78, 5) is 12.3. The van der Waals surface area contributed by atoms with Crippen molar-refractivity contribution >= 4 is 16.7 Å². The number of amides is 1. The topological polar surface area (TPSA) is 56.8 Å². The van der Waals surface area contributed by atoms with Crippen LogP contribution in [0.25, 0.3) is 10.8 Å². The number of ether oxygens (including phenoxy) is 3. The second-order valence-corrected chi connectivity index (χ2v) is 6.23. The van der Waals surface area contributed by atoms with Crippen LogP contribution in [0.1, 0.15) is 18.5 Å². The van der Waals surface area contributed by atoms with Crippen LogP contribution in [0.3, 0.4) is 0 Å². The van der Waals surface area contributed by atoms with Crippen LogP contribution in [0.5, 0.6) is 17.2 Å². The van der Waals surface area contributed by atoms with Crippen molar-refractivity contribution in [2.45, 2.75) is 13.0 Å². The van der Waals surface area contributed by atoms with E-state index in [4.69, 9.17) is 14.2 Å². The van der Waals surface area contributed by atoms with E-state index in [0.29, 0.717) is 17.2 Å². The van der Waals surface area contributed by atoms with E-state index in [1.165, 1.54) is 5.39 Å². The lowest BCUT2D eigenvalue weighted by Crippen LogP contribution is -2.31. The Morgan fingerprint density at radius 3 is 2.19 bits per heavy atom. The van der Waals surface area contributed by atoms with Gasteiger partial charge in [0.2, 0.25) is 0 Å². The monoisotopic (exact) mass is 365 g/mol. The maximum atomic E-state index is 12.3. The van der Waals surface area contributed by atoms with Crippen LogP contribution in [0.15, 0.2) is 60.7 Å². The zero-order valence-electron chi connectivity index (χ0n) is 15.7. The van der Waals surface area contributed by atoms with Crippen molar-refractivity contribution in [3.8, 4) is 17.2 Å². The molecule has 0 unspecified atom stereocenters. The summed E-state index contributed by atoms with van der Waals surface area (Å²) in [5, 5.41) is 5.29. The van der Waals surface area contributed by atoms with Crippen LogP contribution in [0.2, 0.25) is 0 Å². The maximum Gasteiger partial charge on any atom is 0.258 e. The Morgan fingerprint density at radius 1 is 0.889 bits per heavy atom. The van der Waals surface area contributed by atoms with Crippen LogP contribution in [-0.2, 0) is 4.79 Å². The second kappa shape index (κ2) is 8.45. The lowest BCUT2D eigenvalue weighted by atomic mass is 10.0. The Morgan fingerprint density at radius 2 is 1.52 bits per heavy atom. The number of rotatable bonds is 7. The largest absolute Gasteiger partial charge is 0.496 e. The highest BCUT2D eigenvalue weighted by atomic mass is 16.5. The Bertz CT molecular complexity index is 916. The second-order valence-electron chi connectivity index (χ2n) is 6.23. The average Bonchev–Trinajstić information content (AvgIpc) is 2.71. The fourth-order valence-corrected chi connectivity index (χ4v) is 2.86. The molecule has 0 aliphatic heterocycles. The van der Waals surface area contributed by atoms with E-state index in [1.54, 1.807) is 32.4 Å². The molecule has 0 spiro atoms. The lowest BCUT2D eigenvalue weighted by Gasteiger charge is -2.16. The van der Waals surface area contributed by atoms with Crippen molar-refractivity contribution in [1.29, 1.82) is 0 Å². The predicted molar refractivity (Wildman–Crippen MR) is 106 cm³/mol. The van der Waals surface area contributed by atoms with E-state index in [-0.39, 0.29) is 18.6 Å². The van der Waals surface area contributed by atoms with E-state index < -0.39 is 0 Å². The molecule has 3 aromatic carbocycles. The SMILES string of the molecule is COc1cc(OC)cc(OCC(=O)N[C@@H](C)c2ccc3ccccc3c2)c1. The van der Waals surface area contributed by atoms with Gasteiger partial charge in [0.05, 0.1) is 20.3 Å². The zero-order chi connectivity index (χ0) is 19.2. The summed E-state index contributed by atoms with van der Waals surface area (Å²) < 4.78 is 16.0. The Kier molecular flexibility index (Phi) is 5.81. The normalized spacial score (nSPS) is 11.7. The molecule has 0 saturated carbocycles. The minimum absolute atomic E-state index is 0.0890. The summed E-state index contributed by atoms with van der Waals surface area (Å²) in [5.74, 6) is 1.53. The molecule has 1 amide bonds. The van der Waals surface area contributed by atoms with Crippen molar-refractivity contribution in [2.24, 2.45) is 0 Å². The Balaban J connectivity index is 1.61. The summed E-state index contributed by atoms with van der Waals surface area (Å²) >= 11 is 0. The fourth-order valence-electron chi connectivity index (χ4n) is 2.86. The number of fused-ring (bicyclic) bond motifs is 1. The molecule has 0 radical (unpaired) electrons. The molecule has 0 aliphatic carbocycles. The van der Waals surface area contributed by atoms with E-state index in [0.717, 1.165) is 10.9 Å². The first-order chi connectivity index (χ1) is 13.1. The molecule has 3 rings (SSSR count). The molecule has 0 fully saturated rings. The first kappa shape index (κ1) is 18.6. The molecule has 1 atom stereocenters. The van der Waals surface area contributed by atoms with E-state index >= 15 is 0 Å². The van der Waals surface area contributed by atoms with Gasteiger partial charge in [0.25, 0.3) is 5.91 Å². The van der Waals surface area contributed by atoms with Crippen LogP contribution in [-0.4, -0.2) is 26.7 Å². The Labute approximate surface area is 158 Å². The van der Waals surface area contributed by atoms with Crippen LogP contribution < -0.4 is 19.5 Å². The van der Waals surface area contributed by atoms with E-state index in [9.17, 15) is 4.79 Å². The van der Waals surface area contributed by atoms with Crippen molar-refractivity contribution in [2.75, 3.05) is 20.8 Å². The lowest BCUT2D eigenvalue weighted by molar-refractivity contribution is -0.123. The molecule has 3 aromatic rings. The van der Waals surface area contributed by atoms with Crippen LogP contribution in [0.4, 0.5) is 0 Å². The van der Waals surface area contributed by atoms with Gasteiger partial charge in [-0.1, -0.05) is 36.4 Å². The van der Waals surface area contributed by atoms with Gasteiger partial charge in [-0.2, -0.15) is 0 Å². The smallest absolute Gasteiger partial charge is 0.258 e. The van der Waals surface area contributed by atoms with E-state index in [1.807, 2.05) is 25.1 Å². The average molecular weight is 365 g/mol. The Hall–Kier alpha value is -3.21. The highest BCUT2D eigenvalue weighted by Crippen LogP contribution is 2.27. The zero-order valence-corrected chi connectivity index (χ0v) is 15.7. The predicted octanol–water partition coefficient (Wildman–Crippen LogP) is 4.11. The summed E-state index contributed by atoms with van der Waals surface area (Å²) in [5.41, 5.74) is 1.05. The molecule has 140 valence electrons. The van der Waals surface area contributed by atoms with Gasteiger partial charge in [-0.25, -0.2) is 0 Å². The molecule has 27 heavy (non-hydrogen) atoms. The first-order valence-corrected chi connectivity index (χ1v) is 8.73. The number of nitrogens with one attached hydrogen (secondary N) is 1. The summed E-state index contributed by atoms with van der Waals surface area (Å²) in [6.07, 6.45) is 0. The molecule has 0 aromatic heterocycles. The molecule has 5 nitrogen and oxygen atoms in total. The standard InChI is InChI=1S/C22H23NO4/c1-15(17-9-8-16-6-4-5-7-18(16)10-17)23-22(24)14-27-21-12-19(25-2)11-20(13-21)26-3/h4-13,15H,14H2,1-3H3,(H,23,24)/t15-/m0/s1. The molecule has 0 aliphatic rings. The number of carbonyl (C=O) groups is 1. The molecule has 0 bridgehead atoms. The quantitative estimate of drug-likeness (QED) is 0.684. The highest BCUT2D eigenvalue weighted by Gasteiger charge is 2.11. The van der Waals surface area contributed by atoms with Crippen LogP contribution >= 0.6 is 0 Å². The summed E-state index contributed by atoms with van der Waals surface area (Å²) in [7, 11) is 3.13. The number of benzene rings is 3. The number of methoxy groups -OCH3 is 2. The number of hydrogen-bond acceptors (Lipinski definition) is 4. The number of carbonyl (C=O) groups excluding carboxylic acids is 1. The van der Waals surface area contributed by atoms with Gasteiger partial charge in [-0.05, 0) is 29.3 Å². The van der Waals surface area contributed by atoms with Gasteiger partial charge >= 0.3 is 0 Å². The van der Waals surface area contributed by atoms with Gasteiger partial charge < -0.3 is 19.5 Å². The van der Waals surface area contributed by atoms with Gasteiger partial charge in [0, 0.05) is 18.2 Å². The molecule has 5 heteroatoms. The first-order valence-electron chi connectivity index (χ1n) is 8.73. The van der Waals surface area contributed by atoms with Crippen molar-refractivity contribution < 1.29 is 19.0 Å². The van der Waals surface area contributed by atoms with Crippen molar-refractivity contribution in [1.82, 2.24) is 5.32 Å². The third-order valence-corrected chi connectivity index (χ3v) is 4.35. The van der Waals surface area contributed by atoms with Crippen molar-refractivity contribution in [3.05, 3.63) is 66.2 Å². The summed E-state index contributed by atoms with van der Waals surface area (Å²) in [6, 6.07) is 19.4. The van der Waals surface area contributed by atoms with Gasteiger partial charge in [-0.3, -0.25) is 4.79 Å². The number of hydrogen-bond donors (Lipinski definition) is 1. The van der Waals surface area contributed by atoms with Gasteiger partial charge in [0.15, 0.2) is 6.61 Å². The van der Waals surface area contributed by atoms with Crippen molar-refractivity contribution in [3.63, 3.8) is 0 Å². The fraction of sp³-hybridized carbons (Fsp3) is 0.227. The maximum absolute atomic E-state index is 12.3. The third kappa shape index (κ3) is 4.70.